The van der Waals surface area contributed by atoms with Gasteiger partial charge in [-0.3, -0.25) is 20.4 Å². The van der Waals surface area contributed by atoms with Crippen LogP contribution in [0.15, 0.2) is 64.4 Å². The lowest BCUT2D eigenvalue weighted by atomic mass is 10.1. The maximum absolute atomic E-state index is 13.7. The van der Waals surface area contributed by atoms with Crippen LogP contribution in [-0.2, 0) is 4.79 Å². The number of nitrogens with one attached hydrogen (secondary N) is 2. The van der Waals surface area contributed by atoms with Gasteiger partial charge in [-0.1, -0.05) is 18.2 Å². The standard InChI is InChI=1S/C18H13FN2O3S/c19-14-5-2-1-4-13(14)15-9-7-12(24-15)8-10-17(22)20-21-18(23)16-6-3-11-25-16/h1-11H,(H,20,22)(H,21,23)/b10-8+. The predicted octanol–water partition coefficient (Wildman–Crippen LogP) is 3.62. The predicted molar refractivity (Wildman–Crippen MR) is 93.1 cm³/mol. The zero-order valence-electron chi connectivity index (χ0n) is 12.9. The fourth-order valence-electron chi connectivity index (χ4n) is 2.04. The second kappa shape index (κ2) is 7.59. The lowest BCUT2D eigenvalue weighted by Crippen LogP contribution is -2.40. The number of furan rings is 1. The Morgan fingerprint density at radius 2 is 1.88 bits per heavy atom. The van der Waals surface area contributed by atoms with Crippen molar-refractivity contribution in [2.24, 2.45) is 0 Å². The molecule has 0 atom stereocenters. The van der Waals surface area contributed by atoms with Crippen LogP contribution in [0, 0.1) is 5.82 Å². The zero-order valence-corrected chi connectivity index (χ0v) is 13.7. The van der Waals surface area contributed by atoms with Crippen LogP contribution in [0.3, 0.4) is 0 Å². The van der Waals surface area contributed by atoms with Crippen LogP contribution in [0.2, 0.25) is 0 Å². The number of carbonyl (C=O) groups is 2. The fraction of sp³-hybridized carbons (Fsp3) is 0. The molecule has 126 valence electrons. The molecule has 0 spiro atoms. The highest BCUT2D eigenvalue weighted by Crippen LogP contribution is 2.25. The summed E-state index contributed by atoms with van der Waals surface area (Å²) in [5, 5.41) is 1.76. The van der Waals surface area contributed by atoms with E-state index in [0.29, 0.717) is 22.0 Å². The summed E-state index contributed by atoms with van der Waals surface area (Å²) in [6, 6.07) is 12.9. The molecule has 3 rings (SSSR count). The van der Waals surface area contributed by atoms with Crippen LogP contribution in [-0.4, -0.2) is 11.8 Å². The first-order chi connectivity index (χ1) is 12.1. The summed E-state index contributed by atoms with van der Waals surface area (Å²) in [4.78, 5) is 23.9. The minimum absolute atomic E-state index is 0.342. The van der Waals surface area contributed by atoms with Gasteiger partial charge in [-0.2, -0.15) is 0 Å². The number of hydrazine groups is 1. The molecule has 2 N–H and O–H groups in total. The molecule has 0 aliphatic heterocycles. The molecular formula is C18H13FN2O3S. The zero-order chi connectivity index (χ0) is 17.6. The van der Waals surface area contributed by atoms with Gasteiger partial charge in [0, 0.05) is 6.08 Å². The van der Waals surface area contributed by atoms with Crippen LogP contribution in [0.4, 0.5) is 4.39 Å². The van der Waals surface area contributed by atoms with E-state index < -0.39 is 11.8 Å². The molecule has 7 heteroatoms. The molecule has 0 bridgehead atoms. The summed E-state index contributed by atoms with van der Waals surface area (Å²) < 4.78 is 19.2. The SMILES string of the molecule is O=C(/C=C/c1ccc(-c2ccccc2F)o1)NNC(=O)c1cccs1. The van der Waals surface area contributed by atoms with Crippen LogP contribution in [0.25, 0.3) is 17.4 Å². The van der Waals surface area contributed by atoms with Gasteiger partial charge < -0.3 is 4.42 Å². The fourth-order valence-corrected chi connectivity index (χ4v) is 2.65. The van der Waals surface area contributed by atoms with Crippen molar-refractivity contribution in [3.8, 4) is 11.3 Å². The largest absolute Gasteiger partial charge is 0.457 e. The third-order valence-electron chi connectivity index (χ3n) is 3.21. The minimum atomic E-state index is -0.520. The summed E-state index contributed by atoms with van der Waals surface area (Å²) >= 11 is 1.27. The Morgan fingerprint density at radius 1 is 1.04 bits per heavy atom. The van der Waals surface area contributed by atoms with Gasteiger partial charge in [0.1, 0.15) is 17.3 Å². The highest BCUT2D eigenvalue weighted by molar-refractivity contribution is 7.12. The highest BCUT2D eigenvalue weighted by Gasteiger charge is 2.09. The van der Waals surface area contributed by atoms with Crippen molar-refractivity contribution in [1.82, 2.24) is 10.9 Å². The van der Waals surface area contributed by atoms with E-state index in [2.05, 4.69) is 10.9 Å². The molecule has 2 aromatic heterocycles. The van der Waals surface area contributed by atoms with E-state index in [4.69, 9.17) is 4.42 Å². The van der Waals surface area contributed by atoms with Crippen LogP contribution < -0.4 is 10.9 Å². The quantitative estimate of drug-likeness (QED) is 0.554. The highest BCUT2D eigenvalue weighted by atomic mass is 32.1. The average Bonchev–Trinajstić information content (AvgIpc) is 3.30. The van der Waals surface area contributed by atoms with Gasteiger partial charge in [-0.15, -0.1) is 11.3 Å². The summed E-state index contributed by atoms with van der Waals surface area (Å²) in [7, 11) is 0. The molecule has 1 aromatic carbocycles. The Morgan fingerprint density at radius 3 is 2.64 bits per heavy atom. The average molecular weight is 356 g/mol. The summed E-state index contributed by atoms with van der Waals surface area (Å²) in [5.74, 6) is -0.547. The Kier molecular flexibility index (Phi) is 5.06. The van der Waals surface area contributed by atoms with Crippen LogP contribution in [0.5, 0.6) is 0 Å². The first-order valence-corrected chi connectivity index (χ1v) is 8.18. The molecule has 0 fully saturated rings. The number of thiophene rings is 1. The topological polar surface area (TPSA) is 71.3 Å². The first-order valence-electron chi connectivity index (χ1n) is 7.30. The Labute approximate surface area is 146 Å². The van der Waals surface area contributed by atoms with Crippen molar-refractivity contribution in [3.05, 3.63) is 76.4 Å². The summed E-state index contributed by atoms with van der Waals surface area (Å²) in [6.07, 6.45) is 2.63. The monoisotopic (exact) mass is 356 g/mol. The Hall–Kier alpha value is -3.19. The number of amides is 2. The van der Waals surface area contributed by atoms with Gasteiger partial charge in [-0.25, -0.2) is 4.39 Å². The molecule has 0 saturated carbocycles. The van der Waals surface area contributed by atoms with E-state index >= 15 is 0 Å². The molecule has 0 radical (unpaired) electrons. The van der Waals surface area contributed by atoms with Crippen molar-refractivity contribution in [1.29, 1.82) is 0 Å². The molecule has 0 aliphatic rings. The van der Waals surface area contributed by atoms with Gasteiger partial charge in [0.15, 0.2) is 0 Å². The van der Waals surface area contributed by atoms with Crippen molar-refractivity contribution in [3.63, 3.8) is 0 Å². The lowest BCUT2D eigenvalue weighted by molar-refractivity contribution is -0.117. The lowest BCUT2D eigenvalue weighted by Gasteiger charge is -2.02. The Balaban J connectivity index is 1.58. The van der Waals surface area contributed by atoms with Gasteiger partial charge in [0.05, 0.1) is 10.4 Å². The number of hydrogen-bond donors (Lipinski definition) is 2. The third-order valence-corrected chi connectivity index (χ3v) is 4.08. The second-order valence-corrected chi connectivity index (χ2v) is 5.88. The van der Waals surface area contributed by atoms with Crippen LogP contribution >= 0.6 is 11.3 Å². The molecule has 0 saturated heterocycles. The van der Waals surface area contributed by atoms with Gasteiger partial charge in [0.25, 0.3) is 11.8 Å². The number of carbonyl (C=O) groups excluding carboxylic acids is 2. The molecule has 2 amide bonds. The molecule has 3 aromatic rings. The normalized spacial score (nSPS) is 10.8. The van der Waals surface area contributed by atoms with Crippen molar-refractivity contribution in [2.75, 3.05) is 0 Å². The molecule has 0 aliphatic carbocycles. The van der Waals surface area contributed by atoms with E-state index in [0.717, 1.165) is 0 Å². The molecule has 2 heterocycles. The number of hydrogen-bond acceptors (Lipinski definition) is 4. The van der Waals surface area contributed by atoms with E-state index in [9.17, 15) is 14.0 Å². The minimum Gasteiger partial charge on any atom is -0.457 e. The van der Waals surface area contributed by atoms with E-state index in [1.54, 1.807) is 47.8 Å². The van der Waals surface area contributed by atoms with Crippen LogP contribution in [0.1, 0.15) is 15.4 Å². The smallest absolute Gasteiger partial charge is 0.279 e. The maximum atomic E-state index is 13.7. The number of benzene rings is 1. The Bertz CT molecular complexity index is 916. The van der Waals surface area contributed by atoms with Gasteiger partial charge >= 0.3 is 0 Å². The number of rotatable bonds is 4. The molecule has 5 nitrogen and oxygen atoms in total. The van der Waals surface area contributed by atoms with E-state index in [1.165, 1.54) is 29.6 Å². The van der Waals surface area contributed by atoms with Crippen molar-refractivity contribution in [2.45, 2.75) is 0 Å². The molecule has 25 heavy (non-hydrogen) atoms. The maximum Gasteiger partial charge on any atom is 0.279 e. The van der Waals surface area contributed by atoms with Crippen molar-refractivity contribution < 1.29 is 18.4 Å². The third kappa shape index (κ3) is 4.21. The van der Waals surface area contributed by atoms with E-state index in [-0.39, 0.29) is 5.82 Å². The van der Waals surface area contributed by atoms with E-state index in [1.807, 2.05) is 0 Å². The van der Waals surface area contributed by atoms with Gasteiger partial charge in [0.2, 0.25) is 0 Å². The number of halogens is 1. The summed E-state index contributed by atoms with van der Waals surface area (Å²) in [6.45, 7) is 0. The molecular weight excluding hydrogens is 343 g/mol. The first kappa shape index (κ1) is 16.7. The van der Waals surface area contributed by atoms with Crippen molar-refractivity contribution >= 4 is 29.2 Å². The van der Waals surface area contributed by atoms with Gasteiger partial charge in [-0.05, 0) is 41.8 Å². The second-order valence-electron chi connectivity index (χ2n) is 4.94. The summed E-state index contributed by atoms with van der Waals surface area (Å²) in [5.41, 5.74) is 4.91. The molecule has 0 unspecified atom stereocenters.